The fourth-order valence-electron chi connectivity index (χ4n) is 0.913. The molecule has 0 radical (unpaired) electrons. The SMILES string of the molecule is Brc1ccc(-c2cnon2)cc1. The number of rotatable bonds is 1. The Labute approximate surface area is 77.5 Å². The van der Waals surface area contributed by atoms with Crippen LogP contribution in [0.25, 0.3) is 11.3 Å². The number of aromatic nitrogens is 2. The Balaban J connectivity index is 2.43. The van der Waals surface area contributed by atoms with E-state index in [1.54, 1.807) is 6.20 Å². The minimum absolute atomic E-state index is 0.752. The Morgan fingerprint density at radius 1 is 1.17 bits per heavy atom. The summed E-state index contributed by atoms with van der Waals surface area (Å²) in [5.74, 6) is 0. The second-order valence-corrected chi connectivity index (χ2v) is 3.22. The number of benzene rings is 1. The molecule has 2 aromatic rings. The molecule has 0 aliphatic carbocycles. The highest BCUT2D eigenvalue weighted by Crippen LogP contribution is 2.18. The van der Waals surface area contributed by atoms with Crippen LogP contribution in [0.1, 0.15) is 0 Å². The van der Waals surface area contributed by atoms with Crippen LogP contribution < -0.4 is 0 Å². The van der Waals surface area contributed by atoms with Gasteiger partial charge in [-0.25, -0.2) is 4.63 Å². The highest BCUT2D eigenvalue weighted by Gasteiger charge is 2.00. The smallest absolute Gasteiger partial charge is 0.135 e. The van der Waals surface area contributed by atoms with E-state index in [9.17, 15) is 0 Å². The third-order valence-electron chi connectivity index (χ3n) is 1.50. The molecule has 0 aliphatic heterocycles. The lowest BCUT2D eigenvalue weighted by Crippen LogP contribution is -1.75. The van der Waals surface area contributed by atoms with Crippen LogP contribution >= 0.6 is 15.9 Å². The Morgan fingerprint density at radius 3 is 2.50 bits per heavy atom. The molecule has 0 atom stereocenters. The van der Waals surface area contributed by atoms with E-state index < -0.39 is 0 Å². The van der Waals surface area contributed by atoms with Gasteiger partial charge in [-0.05, 0) is 17.3 Å². The molecule has 0 amide bonds. The fourth-order valence-corrected chi connectivity index (χ4v) is 1.18. The lowest BCUT2D eigenvalue weighted by atomic mass is 10.2. The molecule has 60 valence electrons. The summed E-state index contributed by atoms with van der Waals surface area (Å²) in [7, 11) is 0. The van der Waals surface area contributed by atoms with Crippen molar-refractivity contribution in [1.29, 1.82) is 0 Å². The van der Waals surface area contributed by atoms with E-state index in [4.69, 9.17) is 0 Å². The standard InChI is InChI=1S/C8H5BrN2O/c9-7-3-1-6(2-4-7)8-5-10-12-11-8/h1-5H. The van der Waals surface area contributed by atoms with Crippen LogP contribution in [0.3, 0.4) is 0 Å². The predicted octanol–water partition coefficient (Wildman–Crippen LogP) is 2.50. The van der Waals surface area contributed by atoms with Gasteiger partial charge in [-0.3, -0.25) is 0 Å². The highest BCUT2D eigenvalue weighted by atomic mass is 79.9. The van der Waals surface area contributed by atoms with Crippen LogP contribution in [0.5, 0.6) is 0 Å². The molecule has 0 saturated carbocycles. The van der Waals surface area contributed by atoms with Gasteiger partial charge >= 0.3 is 0 Å². The van der Waals surface area contributed by atoms with E-state index in [2.05, 4.69) is 30.9 Å². The Kier molecular flexibility index (Phi) is 1.91. The molecule has 1 aromatic heterocycles. The topological polar surface area (TPSA) is 38.9 Å². The van der Waals surface area contributed by atoms with Gasteiger partial charge in [0.1, 0.15) is 5.69 Å². The summed E-state index contributed by atoms with van der Waals surface area (Å²) in [6.07, 6.45) is 1.59. The molecule has 2 rings (SSSR count). The lowest BCUT2D eigenvalue weighted by Gasteiger charge is -1.93. The largest absolute Gasteiger partial charge is 0.244 e. The van der Waals surface area contributed by atoms with Gasteiger partial charge in [0.25, 0.3) is 0 Å². The van der Waals surface area contributed by atoms with Gasteiger partial charge in [-0.2, -0.15) is 0 Å². The first-order valence-electron chi connectivity index (χ1n) is 3.40. The van der Waals surface area contributed by atoms with Crippen molar-refractivity contribution in [1.82, 2.24) is 10.3 Å². The second kappa shape index (κ2) is 3.06. The molecule has 4 heteroatoms. The third-order valence-corrected chi connectivity index (χ3v) is 2.03. The summed E-state index contributed by atoms with van der Waals surface area (Å²) in [6, 6.07) is 7.79. The second-order valence-electron chi connectivity index (χ2n) is 2.30. The minimum atomic E-state index is 0.752. The van der Waals surface area contributed by atoms with Crippen LogP contribution in [-0.4, -0.2) is 10.3 Å². The first kappa shape index (κ1) is 7.49. The van der Waals surface area contributed by atoms with Gasteiger partial charge in [-0.1, -0.05) is 33.2 Å². The molecule has 1 heterocycles. The number of halogens is 1. The van der Waals surface area contributed by atoms with Crippen molar-refractivity contribution in [3.63, 3.8) is 0 Å². The Bertz CT molecular complexity index is 355. The van der Waals surface area contributed by atoms with Crippen molar-refractivity contribution >= 4 is 15.9 Å². The van der Waals surface area contributed by atoms with E-state index in [0.29, 0.717) is 0 Å². The molecule has 0 bridgehead atoms. The van der Waals surface area contributed by atoms with Crippen molar-refractivity contribution in [3.05, 3.63) is 34.9 Å². The van der Waals surface area contributed by atoms with Gasteiger partial charge in [0.15, 0.2) is 0 Å². The van der Waals surface area contributed by atoms with Crippen LogP contribution in [0.2, 0.25) is 0 Å². The average Bonchev–Trinajstić information content (AvgIpc) is 2.58. The predicted molar refractivity (Wildman–Crippen MR) is 47.4 cm³/mol. The molecule has 0 N–H and O–H groups in total. The monoisotopic (exact) mass is 224 g/mol. The Hall–Kier alpha value is -1.16. The van der Waals surface area contributed by atoms with E-state index in [1.165, 1.54) is 0 Å². The zero-order chi connectivity index (χ0) is 8.39. The number of hydrogen-bond donors (Lipinski definition) is 0. The number of hydrogen-bond acceptors (Lipinski definition) is 3. The molecule has 0 fully saturated rings. The zero-order valence-electron chi connectivity index (χ0n) is 6.07. The number of nitrogens with zero attached hydrogens (tertiary/aromatic N) is 2. The van der Waals surface area contributed by atoms with Crippen molar-refractivity contribution in [3.8, 4) is 11.3 Å². The minimum Gasteiger partial charge on any atom is -0.244 e. The molecule has 12 heavy (non-hydrogen) atoms. The van der Waals surface area contributed by atoms with Crippen molar-refractivity contribution < 1.29 is 4.63 Å². The molecule has 1 aromatic carbocycles. The van der Waals surface area contributed by atoms with Gasteiger partial charge in [0, 0.05) is 10.0 Å². The molecule has 3 nitrogen and oxygen atoms in total. The third kappa shape index (κ3) is 1.38. The molecular formula is C8H5BrN2O. The normalized spacial score (nSPS) is 10.1. The average molecular weight is 225 g/mol. The maximum absolute atomic E-state index is 4.49. The lowest BCUT2D eigenvalue weighted by molar-refractivity contribution is 0.308. The quantitative estimate of drug-likeness (QED) is 0.748. The molecule has 0 spiro atoms. The summed E-state index contributed by atoms with van der Waals surface area (Å²) in [4.78, 5) is 0. The van der Waals surface area contributed by atoms with Crippen molar-refractivity contribution in [2.75, 3.05) is 0 Å². The zero-order valence-corrected chi connectivity index (χ0v) is 7.65. The van der Waals surface area contributed by atoms with Crippen molar-refractivity contribution in [2.24, 2.45) is 0 Å². The highest BCUT2D eigenvalue weighted by molar-refractivity contribution is 9.10. The fraction of sp³-hybridized carbons (Fsp3) is 0. The maximum atomic E-state index is 4.49. The summed E-state index contributed by atoms with van der Waals surface area (Å²) in [5, 5.41) is 7.24. The van der Waals surface area contributed by atoms with E-state index in [1.807, 2.05) is 24.3 Å². The van der Waals surface area contributed by atoms with Crippen LogP contribution in [0.15, 0.2) is 39.6 Å². The van der Waals surface area contributed by atoms with Crippen LogP contribution in [0, 0.1) is 0 Å². The van der Waals surface area contributed by atoms with Gasteiger partial charge in [-0.15, -0.1) is 0 Å². The first-order valence-corrected chi connectivity index (χ1v) is 4.19. The molecule has 0 saturated heterocycles. The summed E-state index contributed by atoms with van der Waals surface area (Å²) >= 11 is 3.35. The molecule has 0 unspecified atom stereocenters. The van der Waals surface area contributed by atoms with Crippen LogP contribution in [0.4, 0.5) is 0 Å². The first-order chi connectivity index (χ1) is 5.86. The summed E-state index contributed by atoms with van der Waals surface area (Å²) < 4.78 is 5.53. The molecule has 0 aliphatic rings. The Morgan fingerprint density at radius 2 is 1.92 bits per heavy atom. The summed E-state index contributed by atoms with van der Waals surface area (Å²) in [6.45, 7) is 0. The summed E-state index contributed by atoms with van der Waals surface area (Å²) in [5.41, 5.74) is 1.75. The van der Waals surface area contributed by atoms with Gasteiger partial charge < -0.3 is 0 Å². The van der Waals surface area contributed by atoms with E-state index in [-0.39, 0.29) is 0 Å². The van der Waals surface area contributed by atoms with Gasteiger partial charge in [0.05, 0.1) is 6.20 Å². The van der Waals surface area contributed by atoms with Crippen LogP contribution in [-0.2, 0) is 0 Å². The van der Waals surface area contributed by atoms with Gasteiger partial charge in [0.2, 0.25) is 0 Å². The molecular weight excluding hydrogens is 220 g/mol. The van der Waals surface area contributed by atoms with E-state index >= 15 is 0 Å². The maximum Gasteiger partial charge on any atom is 0.135 e. The van der Waals surface area contributed by atoms with Crippen molar-refractivity contribution in [2.45, 2.75) is 0 Å². The van der Waals surface area contributed by atoms with E-state index in [0.717, 1.165) is 15.7 Å².